The van der Waals surface area contributed by atoms with Crippen molar-refractivity contribution in [2.24, 2.45) is 0 Å². The number of aromatic amines is 1. The number of aromatic hydroxyl groups is 1. The van der Waals surface area contributed by atoms with Gasteiger partial charge in [0.2, 0.25) is 5.75 Å². The van der Waals surface area contributed by atoms with Gasteiger partial charge in [-0.15, -0.1) is 0 Å². The first-order valence-electron chi connectivity index (χ1n) is 7.11. The summed E-state index contributed by atoms with van der Waals surface area (Å²) in [6.07, 6.45) is 3.26. The summed E-state index contributed by atoms with van der Waals surface area (Å²) in [7, 11) is 3.02. The van der Waals surface area contributed by atoms with Crippen molar-refractivity contribution in [2.45, 2.75) is 33.1 Å². The Bertz CT molecular complexity index is 595. The van der Waals surface area contributed by atoms with Gasteiger partial charge < -0.3 is 19.6 Å². The molecule has 0 unspecified atom stereocenters. The van der Waals surface area contributed by atoms with Crippen LogP contribution in [0.2, 0.25) is 0 Å². The molecule has 1 aromatic heterocycles. The lowest BCUT2D eigenvalue weighted by Crippen LogP contribution is -1.91. The molecule has 0 aliphatic rings. The topological polar surface area (TPSA) is 67.4 Å². The lowest BCUT2D eigenvalue weighted by atomic mass is 10.1. The molecule has 0 spiro atoms. The highest BCUT2D eigenvalue weighted by Crippen LogP contribution is 2.39. The Kier molecular flexibility index (Phi) is 4.73. The third-order valence-electron chi connectivity index (χ3n) is 3.52. The van der Waals surface area contributed by atoms with Crippen LogP contribution >= 0.6 is 0 Å². The van der Waals surface area contributed by atoms with Gasteiger partial charge >= 0.3 is 0 Å². The van der Waals surface area contributed by atoms with E-state index in [0.29, 0.717) is 11.5 Å². The highest BCUT2D eigenvalue weighted by molar-refractivity contribution is 5.66. The molecule has 2 aromatic rings. The van der Waals surface area contributed by atoms with Gasteiger partial charge in [-0.25, -0.2) is 4.98 Å². The maximum Gasteiger partial charge on any atom is 0.200 e. The summed E-state index contributed by atoms with van der Waals surface area (Å²) in [4.78, 5) is 7.92. The molecule has 114 valence electrons. The Morgan fingerprint density at radius 2 is 1.81 bits per heavy atom. The third kappa shape index (κ3) is 3.12. The van der Waals surface area contributed by atoms with Crippen LogP contribution in [0, 0.1) is 6.92 Å². The predicted molar refractivity (Wildman–Crippen MR) is 82.1 cm³/mol. The number of phenols is 1. The number of aryl methyl sites for hydroxylation is 2. The molecule has 2 N–H and O–H groups in total. The number of hydrogen-bond donors (Lipinski definition) is 2. The van der Waals surface area contributed by atoms with Crippen molar-refractivity contribution < 1.29 is 14.6 Å². The summed E-state index contributed by atoms with van der Waals surface area (Å²) in [6, 6.07) is 3.50. The molecule has 0 aliphatic heterocycles. The third-order valence-corrected chi connectivity index (χ3v) is 3.52. The van der Waals surface area contributed by atoms with Gasteiger partial charge in [0.1, 0.15) is 5.82 Å². The molecular weight excluding hydrogens is 268 g/mol. The zero-order chi connectivity index (χ0) is 15.4. The molecule has 0 bridgehead atoms. The molecule has 0 atom stereocenters. The van der Waals surface area contributed by atoms with Crippen LogP contribution in [-0.2, 0) is 6.42 Å². The Balaban J connectivity index is 2.42. The molecule has 1 aromatic carbocycles. The van der Waals surface area contributed by atoms with E-state index in [2.05, 4.69) is 16.9 Å². The standard InChI is InChI=1S/C16H22N2O3/c1-5-6-7-12-10(2)17-16(18-12)11-8-13(20-3)15(19)14(9-11)21-4/h8-9,19H,5-7H2,1-4H3,(H,17,18). The summed E-state index contributed by atoms with van der Waals surface area (Å²) in [5.41, 5.74) is 2.98. The molecule has 0 saturated heterocycles. The highest BCUT2D eigenvalue weighted by Gasteiger charge is 2.15. The Hall–Kier alpha value is -2.17. The van der Waals surface area contributed by atoms with Crippen LogP contribution in [0.3, 0.4) is 0 Å². The van der Waals surface area contributed by atoms with E-state index in [4.69, 9.17) is 9.47 Å². The minimum absolute atomic E-state index is 0.00163. The second kappa shape index (κ2) is 6.52. The molecule has 1 heterocycles. The summed E-state index contributed by atoms with van der Waals surface area (Å²) in [5, 5.41) is 9.96. The molecule has 0 aliphatic carbocycles. The summed E-state index contributed by atoms with van der Waals surface area (Å²) >= 11 is 0. The lowest BCUT2D eigenvalue weighted by molar-refractivity contribution is 0.340. The molecule has 0 amide bonds. The monoisotopic (exact) mass is 290 g/mol. The molecule has 0 saturated carbocycles. The average Bonchev–Trinajstić information content (AvgIpc) is 2.86. The maximum atomic E-state index is 9.96. The van der Waals surface area contributed by atoms with E-state index in [1.807, 2.05) is 6.92 Å². The highest BCUT2D eigenvalue weighted by atomic mass is 16.5. The predicted octanol–water partition coefficient (Wildman–Crippen LogP) is 3.45. The number of benzene rings is 1. The largest absolute Gasteiger partial charge is 0.502 e. The molecule has 21 heavy (non-hydrogen) atoms. The summed E-state index contributed by atoms with van der Waals surface area (Å²) < 4.78 is 10.4. The van der Waals surface area contributed by atoms with Crippen LogP contribution in [0.4, 0.5) is 0 Å². The molecule has 5 heteroatoms. The Labute approximate surface area is 124 Å². The van der Waals surface area contributed by atoms with Gasteiger partial charge in [-0.2, -0.15) is 0 Å². The van der Waals surface area contributed by atoms with Crippen molar-refractivity contribution in [3.8, 4) is 28.6 Å². The van der Waals surface area contributed by atoms with Gasteiger partial charge in [0.25, 0.3) is 0 Å². The number of imidazole rings is 1. The first-order valence-corrected chi connectivity index (χ1v) is 7.11. The van der Waals surface area contributed by atoms with E-state index in [1.165, 1.54) is 14.2 Å². The first kappa shape index (κ1) is 15.2. The van der Waals surface area contributed by atoms with E-state index < -0.39 is 0 Å². The smallest absolute Gasteiger partial charge is 0.200 e. The molecule has 5 nitrogen and oxygen atoms in total. The van der Waals surface area contributed by atoms with Gasteiger partial charge in [0, 0.05) is 11.3 Å². The van der Waals surface area contributed by atoms with Gasteiger partial charge in [-0.3, -0.25) is 0 Å². The Morgan fingerprint density at radius 3 is 2.33 bits per heavy atom. The molecule has 0 fully saturated rings. The molecular formula is C16H22N2O3. The van der Waals surface area contributed by atoms with Crippen molar-refractivity contribution in [1.82, 2.24) is 9.97 Å². The number of H-pyrrole nitrogens is 1. The fraction of sp³-hybridized carbons (Fsp3) is 0.438. The fourth-order valence-corrected chi connectivity index (χ4v) is 2.26. The van der Waals surface area contributed by atoms with Crippen molar-refractivity contribution >= 4 is 0 Å². The fourth-order valence-electron chi connectivity index (χ4n) is 2.26. The molecule has 0 radical (unpaired) electrons. The number of ether oxygens (including phenoxy) is 2. The van der Waals surface area contributed by atoms with Crippen molar-refractivity contribution in [2.75, 3.05) is 14.2 Å². The van der Waals surface area contributed by atoms with Crippen LogP contribution < -0.4 is 9.47 Å². The van der Waals surface area contributed by atoms with Gasteiger partial charge in [0.05, 0.1) is 19.9 Å². The van der Waals surface area contributed by atoms with Gasteiger partial charge in [0.15, 0.2) is 11.5 Å². The van der Waals surface area contributed by atoms with Crippen molar-refractivity contribution in [3.05, 3.63) is 23.5 Å². The summed E-state index contributed by atoms with van der Waals surface area (Å²) in [5.74, 6) is 1.50. The number of methoxy groups -OCH3 is 2. The number of phenolic OH excluding ortho intramolecular Hbond substituents is 1. The van der Waals surface area contributed by atoms with Crippen molar-refractivity contribution in [1.29, 1.82) is 0 Å². The van der Waals surface area contributed by atoms with Crippen LogP contribution in [0.1, 0.15) is 31.2 Å². The van der Waals surface area contributed by atoms with Crippen LogP contribution in [0.15, 0.2) is 12.1 Å². The summed E-state index contributed by atoms with van der Waals surface area (Å²) in [6.45, 7) is 4.17. The number of rotatable bonds is 6. The maximum absolute atomic E-state index is 9.96. The zero-order valence-corrected chi connectivity index (χ0v) is 13.0. The number of nitrogens with one attached hydrogen (secondary N) is 1. The number of unbranched alkanes of at least 4 members (excludes halogenated alkanes) is 1. The number of aromatic nitrogens is 2. The second-order valence-electron chi connectivity index (χ2n) is 4.98. The Morgan fingerprint density at radius 1 is 1.19 bits per heavy atom. The van der Waals surface area contributed by atoms with E-state index >= 15 is 0 Å². The SMILES string of the molecule is CCCCc1[nH]c(-c2cc(OC)c(O)c(OC)c2)nc1C. The number of nitrogens with zero attached hydrogens (tertiary/aromatic N) is 1. The lowest BCUT2D eigenvalue weighted by Gasteiger charge is -2.10. The van der Waals surface area contributed by atoms with Gasteiger partial charge in [-0.05, 0) is 31.9 Å². The number of hydrogen-bond acceptors (Lipinski definition) is 4. The molecule has 2 rings (SSSR count). The van der Waals surface area contributed by atoms with Crippen LogP contribution in [0.5, 0.6) is 17.2 Å². The average molecular weight is 290 g/mol. The first-order chi connectivity index (χ1) is 10.1. The normalized spacial score (nSPS) is 10.7. The van der Waals surface area contributed by atoms with Gasteiger partial charge in [-0.1, -0.05) is 13.3 Å². The van der Waals surface area contributed by atoms with Crippen molar-refractivity contribution in [3.63, 3.8) is 0 Å². The van der Waals surface area contributed by atoms with Crippen LogP contribution in [-0.4, -0.2) is 29.3 Å². The quantitative estimate of drug-likeness (QED) is 0.855. The van der Waals surface area contributed by atoms with E-state index in [9.17, 15) is 5.11 Å². The second-order valence-corrected chi connectivity index (χ2v) is 4.98. The minimum atomic E-state index is -0.00163. The minimum Gasteiger partial charge on any atom is -0.502 e. The van der Waals surface area contributed by atoms with E-state index in [0.717, 1.165) is 42.0 Å². The van der Waals surface area contributed by atoms with Crippen LogP contribution in [0.25, 0.3) is 11.4 Å². The zero-order valence-electron chi connectivity index (χ0n) is 13.0. The van der Waals surface area contributed by atoms with E-state index in [-0.39, 0.29) is 5.75 Å². The van der Waals surface area contributed by atoms with E-state index in [1.54, 1.807) is 12.1 Å².